The molecule has 0 bridgehead atoms. The zero-order valence-electron chi connectivity index (χ0n) is 15.4. The third-order valence-electron chi connectivity index (χ3n) is 4.65. The number of rotatable bonds is 5. The highest BCUT2D eigenvalue weighted by Gasteiger charge is 2.35. The Morgan fingerprint density at radius 2 is 2.11 bits per heavy atom. The fourth-order valence-corrected chi connectivity index (χ4v) is 3.55. The number of hydrogen-bond donors (Lipinski definition) is 1. The number of carbonyl (C=O) groups excluding carboxylic acids is 1. The second-order valence-electron chi connectivity index (χ2n) is 6.75. The third-order valence-corrected chi connectivity index (χ3v) is 4.65. The summed E-state index contributed by atoms with van der Waals surface area (Å²) in [6, 6.07) is 5.66. The Morgan fingerprint density at radius 3 is 2.78 bits per heavy atom. The van der Waals surface area contributed by atoms with Crippen LogP contribution in [-0.4, -0.2) is 32.1 Å². The van der Waals surface area contributed by atoms with Gasteiger partial charge in [-0.3, -0.25) is 4.79 Å². The van der Waals surface area contributed by atoms with Crippen LogP contribution in [-0.2, 0) is 6.42 Å². The number of hydrogen-bond acceptors (Lipinski definition) is 6. The summed E-state index contributed by atoms with van der Waals surface area (Å²) in [6.07, 6.45) is 4.39. The van der Waals surface area contributed by atoms with Gasteiger partial charge in [0.25, 0.3) is 5.95 Å². The highest BCUT2D eigenvalue weighted by molar-refractivity contribution is 6.03. The van der Waals surface area contributed by atoms with Crippen molar-refractivity contribution in [2.45, 2.75) is 32.6 Å². The average molecular weight is 363 g/mol. The van der Waals surface area contributed by atoms with Gasteiger partial charge in [0.1, 0.15) is 5.76 Å². The molecule has 0 saturated carbocycles. The van der Waals surface area contributed by atoms with Crippen LogP contribution in [0, 0.1) is 13.8 Å². The molecule has 1 atom stereocenters. The minimum Gasteiger partial charge on any atom is -0.469 e. The first-order valence-corrected chi connectivity index (χ1v) is 8.92. The van der Waals surface area contributed by atoms with Crippen molar-refractivity contribution in [3.63, 3.8) is 0 Å². The molecule has 1 aliphatic rings. The summed E-state index contributed by atoms with van der Waals surface area (Å²) in [7, 11) is 0. The number of aryl methyl sites for hydroxylation is 2. The molecule has 3 aromatic heterocycles. The molecule has 3 heterocycles. The van der Waals surface area contributed by atoms with Crippen LogP contribution in [0.5, 0.6) is 0 Å². The lowest BCUT2D eigenvalue weighted by atomic mass is 9.85. The second kappa shape index (κ2) is 6.83. The highest BCUT2D eigenvalue weighted by Crippen LogP contribution is 2.36. The molecule has 7 heteroatoms. The quantitative estimate of drug-likeness (QED) is 0.700. The Bertz CT molecular complexity index is 984. The van der Waals surface area contributed by atoms with Crippen LogP contribution in [0.15, 0.2) is 41.5 Å². The molecule has 3 aromatic rings. The zero-order valence-corrected chi connectivity index (χ0v) is 15.4. The summed E-state index contributed by atoms with van der Waals surface area (Å²) in [5.41, 5.74) is 3.13. The van der Waals surface area contributed by atoms with E-state index in [-0.39, 0.29) is 11.7 Å². The standard InChI is InChI=1S/C20H21N5O2/c1-4-7-21-19-18-15(10-14(11-16(18)26)17-6-5-8-27-17)25(24-19)20-22-12(2)9-13(3)23-20/h4-6,8-9,14H,1,7,10-11H2,2-3H3,(H,21,24)/t14-/m0/s1. The second-order valence-corrected chi connectivity index (χ2v) is 6.75. The topological polar surface area (TPSA) is 85.8 Å². The summed E-state index contributed by atoms with van der Waals surface area (Å²) >= 11 is 0. The van der Waals surface area contributed by atoms with Gasteiger partial charge in [-0.15, -0.1) is 11.7 Å². The Balaban J connectivity index is 1.84. The first-order valence-electron chi connectivity index (χ1n) is 8.92. The van der Waals surface area contributed by atoms with Crippen LogP contribution in [0.3, 0.4) is 0 Å². The predicted octanol–water partition coefficient (Wildman–Crippen LogP) is 3.38. The number of aromatic nitrogens is 4. The number of carbonyl (C=O) groups is 1. The van der Waals surface area contributed by atoms with Crippen LogP contribution in [0.25, 0.3) is 5.95 Å². The number of furan rings is 1. The van der Waals surface area contributed by atoms with E-state index in [1.807, 2.05) is 32.0 Å². The largest absolute Gasteiger partial charge is 0.469 e. The molecule has 0 spiro atoms. The lowest BCUT2D eigenvalue weighted by molar-refractivity contribution is 0.0960. The van der Waals surface area contributed by atoms with Crippen molar-refractivity contribution in [1.82, 2.24) is 19.7 Å². The molecule has 0 unspecified atom stereocenters. The van der Waals surface area contributed by atoms with E-state index < -0.39 is 0 Å². The molecular formula is C20H21N5O2. The van der Waals surface area contributed by atoms with Gasteiger partial charge in [0.15, 0.2) is 11.6 Å². The smallest absolute Gasteiger partial charge is 0.251 e. The Morgan fingerprint density at radius 1 is 1.33 bits per heavy atom. The van der Waals surface area contributed by atoms with Crippen molar-refractivity contribution in [1.29, 1.82) is 0 Å². The number of nitrogens with one attached hydrogen (secondary N) is 1. The van der Waals surface area contributed by atoms with Crippen LogP contribution in [0.2, 0.25) is 0 Å². The minimum absolute atomic E-state index is 0.0198. The van der Waals surface area contributed by atoms with Crippen molar-refractivity contribution in [2.75, 3.05) is 11.9 Å². The van der Waals surface area contributed by atoms with E-state index in [1.54, 1.807) is 17.0 Å². The molecule has 0 aliphatic heterocycles. The molecule has 27 heavy (non-hydrogen) atoms. The van der Waals surface area contributed by atoms with Crippen LogP contribution >= 0.6 is 0 Å². The summed E-state index contributed by atoms with van der Waals surface area (Å²) in [5, 5.41) is 7.80. The first kappa shape index (κ1) is 17.2. The monoisotopic (exact) mass is 363 g/mol. The van der Waals surface area contributed by atoms with E-state index in [4.69, 9.17) is 4.42 Å². The Hall–Kier alpha value is -3.22. The molecule has 4 rings (SSSR count). The van der Waals surface area contributed by atoms with Gasteiger partial charge < -0.3 is 9.73 Å². The van der Waals surface area contributed by atoms with Crippen molar-refractivity contribution in [3.05, 3.63) is 65.5 Å². The molecule has 1 aliphatic carbocycles. The van der Waals surface area contributed by atoms with E-state index >= 15 is 0 Å². The van der Waals surface area contributed by atoms with E-state index in [0.29, 0.717) is 36.7 Å². The summed E-state index contributed by atoms with van der Waals surface area (Å²) < 4.78 is 7.24. The number of Topliss-reactive ketones (excluding diaryl/α,β-unsaturated/α-hetero) is 1. The normalized spacial score (nSPS) is 16.2. The Kier molecular flexibility index (Phi) is 4.35. The number of nitrogens with zero attached hydrogens (tertiary/aromatic N) is 4. The van der Waals surface area contributed by atoms with E-state index in [2.05, 4.69) is 27.0 Å². The zero-order chi connectivity index (χ0) is 19.0. The SMILES string of the molecule is C=CCNc1nn(-c2nc(C)cc(C)n2)c2c1C(=O)C[C@@H](c1ccco1)C2. The summed E-state index contributed by atoms with van der Waals surface area (Å²) in [6.45, 7) is 8.08. The fraction of sp³-hybridized carbons (Fsp3) is 0.300. The molecule has 0 amide bonds. The average Bonchev–Trinajstić information content (AvgIpc) is 3.27. The van der Waals surface area contributed by atoms with Crippen molar-refractivity contribution < 1.29 is 9.21 Å². The molecule has 138 valence electrons. The molecule has 0 fully saturated rings. The van der Waals surface area contributed by atoms with E-state index in [9.17, 15) is 4.79 Å². The van der Waals surface area contributed by atoms with Gasteiger partial charge in [0.05, 0.1) is 17.5 Å². The maximum atomic E-state index is 13.0. The minimum atomic E-state index is -0.0198. The number of anilines is 1. The van der Waals surface area contributed by atoms with E-state index in [0.717, 1.165) is 22.8 Å². The summed E-state index contributed by atoms with van der Waals surface area (Å²) in [5.74, 6) is 1.86. The number of ketones is 1. The maximum Gasteiger partial charge on any atom is 0.251 e. The molecule has 1 N–H and O–H groups in total. The first-order chi connectivity index (χ1) is 13.1. The summed E-state index contributed by atoms with van der Waals surface area (Å²) in [4.78, 5) is 22.0. The van der Waals surface area contributed by atoms with Gasteiger partial charge in [0.2, 0.25) is 0 Å². The molecule has 7 nitrogen and oxygen atoms in total. The fourth-order valence-electron chi connectivity index (χ4n) is 3.55. The van der Waals surface area contributed by atoms with Gasteiger partial charge in [-0.05, 0) is 32.0 Å². The lowest BCUT2D eigenvalue weighted by Gasteiger charge is -2.20. The molecule has 0 aromatic carbocycles. The van der Waals surface area contributed by atoms with Gasteiger partial charge in [-0.1, -0.05) is 6.08 Å². The molecule has 0 radical (unpaired) electrons. The van der Waals surface area contributed by atoms with Crippen LogP contribution in [0.1, 0.15) is 45.5 Å². The molecule has 0 saturated heterocycles. The highest BCUT2D eigenvalue weighted by atomic mass is 16.3. The number of fused-ring (bicyclic) bond motifs is 1. The van der Waals surface area contributed by atoms with Crippen LogP contribution < -0.4 is 5.32 Å². The van der Waals surface area contributed by atoms with Crippen LogP contribution in [0.4, 0.5) is 5.82 Å². The Labute approximate surface area is 157 Å². The van der Waals surface area contributed by atoms with Crippen molar-refractivity contribution >= 4 is 11.6 Å². The third kappa shape index (κ3) is 3.16. The lowest BCUT2D eigenvalue weighted by Crippen LogP contribution is -2.21. The van der Waals surface area contributed by atoms with Gasteiger partial charge >= 0.3 is 0 Å². The molecular weight excluding hydrogens is 342 g/mol. The van der Waals surface area contributed by atoms with E-state index in [1.165, 1.54) is 0 Å². The van der Waals surface area contributed by atoms with Gasteiger partial charge in [0, 0.05) is 36.7 Å². The van der Waals surface area contributed by atoms with Crippen molar-refractivity contribution in [3.8, 4) is 5.95 Å². The predicted molar refractivity (Wildman–Crippen MR) is 101 cm³/mol. The maximum absolute atomic E-state index is 13.0. The van der Waals surface area contributed by atoms with Gasteiger partial charge in [-0.2, -0.15) is 0 Å². The van der Waals surface area contributed by atoms with Gasteiger partial charge in [-0.25, -0.2) is 14.6 Å². The van der Waals surface area contributed by atoms with Crippen molar-refractivity contribution in [2.24, 2.45) is 0 Å².